The number of ether oxygens (including phenoxy) is 2. The number of anilines is 1. The Labute approximate surface area is 173 Å². The highest BCUT2D eigenvalue weighted by atomic mass is 16.5. The number of carboxylic acids is 1. The van der Waals surface area contributed by atoms with Crippen LogP contribution in [0.15, 0.2) is 36.8 Å². The fourth-order valence-corrected chi connectivity index (χ4v) is 2.95. The minimum atomic E-state index is -1.22. The molecule has 1 amide bonds. The van der Waals surface area contributed by atoms with Crippen molar-refractivity contribution < 1.29 is 24.2 Å². The van der Waals surface area contributed by atoms with Crippen LogP contribution >= 0.6 is 0 Å². The smallest absolute Gasteiger partial charge is 0.339 e. The molecule has 30 heavy (non-hydrogen) atoms. The van der Waals surface area contributed by atoms with Crippen molar-refractivity contribution in [3.05, 3.63) is 53.6 Å². The molecule has 0 bridgehead atoms. The van der Waals surface area contributed by atoms with Gasteiger partial charge < -0.3 is 19.9 Å². The molecule has 0 fully saturated rings. The Bertz CT molecular complexity index is 1060. The van der Waals surface area contributed by atoms with Crippen LogP contribution in [0.25, 0.3) is 0 Å². The van der Waals surface area contributed by atoms with Crippen molar-refractivity contribution in [2.24, 2.45) is 7.05 Å². The van der Waals surface area contributed by atoms with Crippen molar-refractivity contribution in [2.45, 2.75) is 20.4 Å². The zero-order valence-corrected chi connectivity index (χ0v) is 17.0. The predicted octanol–water partition coefficient (Wildman–Crippen LogP) is 2.41. The van der Waals surface area contributed by atoms with Crippen LogP contribution in [-0.2, 0) is 13.6 Å². The summed E-state index contributed by atoms with van der Waals surface area (Å²) in [5.74, 6) is -0.451. The van der Waals surface area contributed by atoms with Crippen molar-refractivity contribution in [3.63, 3.8) is 0 Å². The quantitative estimate of drug-likeness (QED) is 0.553. The van der Waals surface area contributed by atoms with Crippen LogP contribution in [-0.4, -0.2) is 49.8 Å². The van der Waals surface area contributed by atoms with E-state index in [1.807, 2.05) is 32.0 Å². The van der Waals surface area contributed by atoms with E-state index in [9.17, 15) is 14.7 Å². The van der Waals surface area contributed by atoms with Gasteiger partial charge in [0.1, 0.15) is 11.3 Å². The molecule has 3 aromatic rings. The first-order valence-electron chi connectivity index (χ1n) is 9.40. The van der Waals surface area contributed by atoms with E-state index in [0.29, 0.717) is 36.9 Å². The standard InChI is InChI=1S/C20H23N5O5/c1-4-29-16-7-6-13(8-17(16)30-5-2)11-25-12-14(9-22-25)23-19(26)18-15(20(27)28)10-21-24(18)3/h6-10,12H,4-5,11H2,1-3H3,(H,23,26)(H,27,28). The predicted molar refractivity (Wildman–Crippen MR) is 108 cm³/mol. The molecule has 2 N–H and O–H groups in total. The van der Waals surface area contributed by atoms with E-state index in [-0.39, 0.29) is 11.3 Å². The van der Waals surface area contributed by atoms with Gasteiger partial charge in [0.05, 0.1) is 37.8 Å². The summed E-state index contributed by atoms with van der Waals surface area (Å²) in [6, 6.07) is 5.66. The second kappa shape index (κ2) is 9.12. The van der Waals surface area contributed by atoms with Gasteiger partial charge in [-0.05, 0) is 31.5 Å². The number of nitrogens with one attached hydrogen (secondary N) is 1. The van der Waals surface area contributed by atoms with Gasteiger partial charge in [-0.1, -0.05) is 6.07 Å². The molecule has 0 saturated carbocycles. The topological polar surface area (TPSA) is 120 Å². The van der Waals surface area contributed by atoms with Crippen LogP contribution in [0.2, 0.25) is 0 Å². The van der Waals surface area contributed by atoms with E-state index in [0.717, 1.165) is 11.8 Å². The van der Waals surface area contributed by atoms with Crippen LogP contribution in [0.3, 0.4) is 0 Å². The minimum Gasteiger partial charge on any atom is -0.490 e. The van der Waals surface area contributed by atoms with E-state index in [4.69, 9.17) is 9.47 Å². The van der Waals surface area contributed by atoms with Gasteiger partial charge in [0.2, 0.25) is 0 Å². The molecule has 0 saturated heterocycles. The van der Waals surface area contributed by atoms with Crippen LogP contribution in [0.1, 0.15) is 40.3 Å². The third-order valence-electron chi connectivity index (χ3n) is 4.23. The molecule has 0 atom stereocenters. The Kier molecular flexibility index (Phi) is 6.35. The van der Waals surface area contributed by atoms with Crippen LogP contribution in [0, 0.1) is 0 Å². The number of carbonyl (C=O) groups excluding carboxylic acids is 1. The number of hydrogen-bond donors (Lipinski definition) is 2. The number of benzene rings is 1. The molecule has 10 nitrogen and oxygen atoms in total. The highest BCUT2D eigenvalue weighted by Crippen LogP contribution is 2.29. The number of carboxylic acid groups (broad SMARTS) is 1. The fraction of sp³-hybridized carbons (Fsp3) is 0.300. The number of rotatable bonds is 9. The van der Waals surface area contributed by atoms with Crippen LogP contribution in [0.5, 0.6) is 11.5 Å². The average molecular weight is 413 g/mol. The molecule has 0 aliphatic heterocycles. The normalized spacial score (nSPS) is 10.6. The van der Waals surface area contributed by atoms with Crippen molar-refractivity contribution in [1.82, 2.24) is 19.6 Å². The zero-order chi connectivity index (χ0) is 21.7. The first-order valence-corrected chi connectivity index (χ1v) is 9.40. The van der Waals surface area contributed by atoms with Gasteiger partial charge in [-0.25, -0.2) is 4.79 Å². The number of carbonyl (C=O) groups is 2. The van der Waals surface area contributed by atoms with Crippen LogP contribution in [0.4, 0.5) is 5.69 Å². The Morgan fingerprint density at radius 3 is 2.53 bits per heavy atom. The molecule has 2 aromatic heterocycles. The molecule has 0 aliphatic rings. The first-order chi connectivity index (χ1) is 14.4. The Morgan fingerprint density at radius 1 is 1.10 bits per heavy atom. The summed E-state index contributed by atoms with van der Waals surface area (Å²) in [4.78, 5) is 23.8. The third kappa shape index (κ3) is 4.59. The SMILES string of the molecule is CCOc1ccc(Cn2cc(NC(=O)c3c(C(=O)O)cnn3C)cn2)cc1OCC. The number of hydrogen-bond acceptors (Lipinski definition) is 6. The maximum Gasteiger partial charge on any atom is 0.339 e. The molecule has 0 spiro atoms. The van der Waals surface area contributed by atoms with E-state index >= 15 is 0 Å². The molecule has 0 aliphatic carbocycles. The Balaban J connectivity index is 1.73. The van der Waals surface area contributed by atoms with Crippen LogP contribution < -0.4 is 14.8 Å². The summed E-state index contributed by atoms with van der Waals surface area (Å²) in [5.41, 5.74) is 1.18. The van der Waals surface area contributed by atoms with Gasteiger partial charge in [0.25, 0.3) is 5.91 Å². The van der Waals surface area contributed by atoms with Crippen molar-refractivity contribution in [3.8, 4) is 11.5 Å². The summed E-state index contributed by atoms with van der Waals surface area (Å²) in [6.45, 7) is 5.33. The van der Waals surface area contributed by atoms with Gasteiger partial charge in [-0.15, -0.1) is 0 Å². The maximum absolute atomic E-state index is 12.5. The minimum absolute atomic E-state index is 0.0388. The number of aromatic carboxylic acids is 1. The molecule has 0 radical (unpaired) electrons. The van der Waals surface area contributed by atoms with Gasteiger partial charge in [0.15, 0.2) is 11.5 Å². The largest absolute Gasteiger partial charge is 0.490 e. The Hall–Kier alpha value is -3.82. The fourth-order valence-electron chi connectivity index (χ4n) is 2.95. The molecule has 10 heteroatoms. The Morgan fingerprint density at radius 2 is 1.83 bits per heavy atom. The molecule has 1 aromatic carbocycles. The molecule has 158 valence electrons. The van der Waals surface area contributed by atoms with Gasteiger partial charge in [-0.3, -0.25) is 14.2 Å². The lowest BCUT2D eigenvalue weighted by Crippen LogP contribution is -2.19. The third-order valence-corrected chi connectivity index (χ3v) is 4.23. The second-order valence-corrected chi connectivity index (χ2v) is 6.36. The lowest BCUT2D eigenvalue weighted by molar-refractivity contribution is 0.0692. The summed E-state index contributed by atoms with van der Waals surface area (Å²) in [6.07, 6.45) is 4.29. The van der Waals surface area contributed by atoms with E-state index in [1.54, 1.807) is 10.9 Å². The number of aromatic nitrogens is 4. The second-order valence-electron chi connectivity index (χ2n) is 6.36. The van der Waals surface area contributed by atoms with E-state index in [2.05, 4.69) is 15.5 Å². The molecule has 2 heterocycles. The molecule has 0 unspecified atom stereocenters. The van der Waals surface area contributed by atoms with Crippen molar-refractivity contribution in [2.75, 3.05) is 18.5 Å². The summed E-state index contributed by atoms with van der Waals surface area (Å²) in [7, 11) is 1.51. The number of amides is 1. The molecule has 3 rings (SSSR count). The van der Waals surface area contributed by atoms with Gasteiger partial charge in [0, 0.05) is 13.2 Å². The van der Waals surface area contributed by atoms with E-state index < -0.39 is 11.9 Å². The monoisotopic (exact) mass is 413 g/mol. The summed E-state index contributed by atoms with van der Waals surface area (Å²) < 4.78 is 14.1. The maximum atomic E-state index is 12.5. The zero-order valence-electron chi connectivity index (χ0n) is 17.0. The lowest BCUT2D eigenvalue weighted by atomic mass is 10.2. The van der Waals surface area contributed by atoms with Crippen molar-refractivity contribution in [1.29, 1.82) is 0 Å². The highest BCUT2D eigenvalue weighted by molar-refractivity contribution is 6.09. The summed E-state index contributed by atoms with van der Waals surface area (Å²) >= 11 is 0. The average Bonchev–Trinajstić information content (AvgIpc) is 3.30. The lowest BCUT2D eigenvalue weighted by Gasteiger charge is -2.12. The number of nitrogens with zero attached hydrogens (tertiary/aromatic N) is 4. The molecular formula is C20H23N5O5. The van der Waals surface area contributed by atoms with E-state index in [1.165, 1.54) is 17.9 Å². The van der Waals surface area contributed by atoms with Gasteiger partial charge in [-0.2, -0.15) is 10.2 Å². The number of aryl methyl sites for hydroxylation is 1. The summed E-state index contributed by atoms with van der Waals surface area (Å²) in [5, 5.41) is 19.9. The van der Waals surface area contributed by atoms with Gasteiger partial charge >= 0.3 is 5.97 Å². The first kappa shape index (κ1) is 20.9. The highest BCUT2D eigenvalue weighted by Gasteiger charge is 2.22. The van der Waals surface area contributed by atoms with Crippen molar-refractivity contribution >= 4 is 17.6 Å². The molecular weight excluding hydrogens is 390 g/mol.